The fraction of sp³-hybridized carbons (Fsp3) is 0.385. The predicted octanol–water partition coefficient (Wildman–Crippen LogP) is 2.75. The van der Waals surface area contributed by atoms with Crippen LogP contribution in [-0.2, 0) is 13.1 Å². The number of hydrogen-bond acceptors (Lipinski definition) is 4. The molecule has 2 rings (SSSR count). The van der Waals surface area contributed by atoms with Crippen molar-refractivity contribution in [2.45, 2.75) is 33.9 Å². The van der Waals surface area contributed by atoms with Crippen molar-refractivity contribution in [2.75, 3.05) is 0 Å². The predicted molar refractivity (Wildman–Crippen MR) is 71.1 cm³/mol. The third kappa shape index (κ3) is 3.35. The monoisotopic (exact) mass is 247 g/mol. The second kappa shape index (κ2) is 5.38. The Bertz CT molecular complexity index is 488. The van der Waals surface area contributed by atoms with Crippen LogP contribution < -0.4 is 5.32 Å². The lowest BCUT2D eigenvalue weighted by Crippen LogP contribution is -2.14. The molecule has 4 heteroatoms. The Hall–Kier alpha value is -1.26. The molecule has 0 unspecified atom stereocenters. The molecule has 0 bridgehead atoms. The van der Waals surface area contributed by atoms with Crippen LogP contribution >= 0.6 is 11.3 Å². The third-order valence-corrected chi connectivity index (χ3v) is 3.61. The minimum absolute atomic E-state index is 0.765. The highest BCUT2D eigenvalue weighted by molar-refractivity contribution is 7.12. The van der Waals surface area contributed by atoms with Gasteiger partial charge in [0.1, 0.15) is 0 Å². The maximum absolute atomic E-state index is 4.31. The molecule has 1 N–H and O–H groups in total. The topological polar surface area (TPSA) is 37.8 Å². The van der Waals surface area contributed by atoms with Crippen molar-refractivity contribution in [1.82, 2.24) is 15.3 Å². The van der Waals surface area contributed by atoms with Crippen LogP contribution in [0.3, 0.4) is 0 Å². The van der Waals surface area contributed by atoms with Crippen LogP contribution in [0.2, 0.25) is 0 Å². The van der Waals surface area contributed by atoms with Crippen LogP contribution in [0.25, 0.3) is 0 Å². The summed E-state index contributed by atoms with van der Waals surface area (Å²) in [6, 6.07) is 2.24. The van der Waals surface area contributed by atoms with Gasteiger partial charge < -0.3 is 5.32 Å². The maximum atomic E-state index is 4.31. The molecule has 0 aromatic carbocycles. The first-order chi connectivity index (χ1) is 8.15. The summed E-state index contributed by atoms with van der Waals surface area (Å²) < 4.78 is 0. The maximum Gasteiger partial charge on any atom is 0.0724 e. The van der Waals surface area contributed by atoms with Gasteiger partial charge in [-0.2, -0.15) is 0 Å². The van der Waals surface area contributed by atoms with Crippen LogP contribution in [0.5, 0.6) is 0 Å². The Kier molecular flexibility index (Phi) is 3.86. The first-order valence-corrected chi connectivity index (χ1v) is 6.51. The van der Waals surface area contributed by atoms with Crippen LogP contribution in [0, 0.1) is 20.8 Å². The summed E-state index contributed by atoms with van der Waals surface area (Å²) in [6.45, 7) is 7.92. The van der Waals surface area contributed by atoms with E-state index in [9.17, 15) is 0 Å². The highest BCUT2D eigenvalue weighted by Gasteiger charge is 2.02. The number of hydrogen-bond donors (Lipinski definition) is 1. The van der Waals surface area contributed by atoms with Crippen LogP contribution in [0.1, 0.15) is 26.7 Å². The lowest BCUT2D eigenvalue weighted by atomic mass is 10.2. The van der Waals surface area contributed by atoms with Gasteiger partial charge in [0.05, 0.1) is 11.4 Å². The summed E-state index contributed by atoms with van der Waals surface area (Å²) in [5.41, 5.74) is 3.32. The second-order valence-electron chi connectivity index (χ2n) is 4.19. The Balaban J connectivity index is 1.87. The van der Waals surface area contributed by atoms with Crippen LogP contribution in [0.15, 0.2) is 18.5 Å². The minimum Gasteiger partial charge on any atom is -0.307 e. The van der Waals surface area contributed by atoms with Crippen molar-refractivity contribution >= 4 is 11.3 Å². The normalized spacial score (nSPS) is 10.8. The summed E-state index contributed by atoms with van der Waals surface area (Å²) >= 11 is 1.85. The third-order valence-electron chi connectivity index (χ3n) is 2.60. The van der Waals surface area contributed by atoms with Gasteiger partial charge in [0.2, 0.25) is 0 Å². The number of nitrogens with zero attached hydrogens (tertiary/aromatic N) is 2. The largest absolute Gasteiger partial charge is 0.307 e. The SMILES string of the molecule is Cc1cnc(CNCc2cc(C)sc2C)cn1. The van der Waals surface area contributed by atoms with Crippen molar-refractivity contribution in [3.05, 3.63) is 45.2 Å². The van der Waals surface area contributed by atoms with E-state index in [0.717, 1.165) is 24.5 Å². The van der Waals surface area contributed by atoms with E-state index in [2.05, 4.69) is 35.2 Å². The van der Waals surface area contributed by atoms with Crippen LogP contribution in [0.4, 0.5) is 0 Å². The molecule has 0 aliphatic rings. The Labute approximate surface area is 106 Å². The molecule has 2 aromatic heterocycles. The van der Waals surface area contributed by atoms with E-state index in [1.165, 1.54) is 15.3 Å². The Morgan fingerprint density at radius 2 is 1.94 bits per heavy atom. The number of nitrogens with one attached hydrogen (secondary N) is 1. The number of thiophene rings is 1. The molecule has 90 valence electrons. The average Bonchev–Trinajstić information content (AvgIpc) is 2.60. The number of aryl methyl sites for hydroxylation is 3. The van der Waals surface area contributed by atoms with Crippen molar-refractivity contribution in [3.63, 3.8) is 0 Å². The fourth-order valence-corrected chi connectivity index (χ4v) is 2.64. The molecule has 0 fully saturated rings. The molecule has 0 amide bonds. The van der Waals surface area contributed by atoms with Crippen molar-refractivity contribution < 1.29 is 0 Å². The number of aromatic nitrogens is 2. The van der Waals surface area contributed by atoms with E-state index >= 15 is 0 Å². The summed E-state index contributed by atoms with van der Waals surface area (Å²) in [5.74, 6) is 0. The highest BCUT2D eigenvalue weighted by atomic mass is 32.1. The van der Waals surface area contributed by atoms with Crippen LogP contribution in [-0.4, -0.2) is 9.97 Å². The molecule has 0 saturated heterocycles. The van der Waals surface area contributed by atoms with Gasteiger partial charge in [-0.05, 0) is 32.4 Å². The molecule has 0 radical (unpaired) electrons. The summed E-state index contributed by atoms with van der Waals surface area (Å²) in [6.07, 6.45) is 3.63. The molecular formula is C13H17N3S. The first-order valence-electron chi connectivity index (χ1n) is 5.69. The van der Waals surface area contributed by atoms with E-state index in [4.69, 9.17) is 0 Å². The van der Waals surface area contributed by atoms with Crippen molar-refractivity contribution in [3.8, 4) is 0 Å². The zero-order chi connectivity index (χ0) is 12.3. The molecule has 0 spiro atoms. The zero-order valence-corrected chi connectivity index (χ0v) is 11.3. The molecule has 0 saturated carbocycles. The van der Waals surface area contributed by atoms with E-state index in [1.54, 1.807) is 6.20 Å². The van der Waals surface area contributed by atoms with Crippen molar-refractivity contribution in [1.29, 1.82) is 0 Å². The summed E-state index contributed by atoms with van der Waals surface area (Å²) in [7, 11) is 0. The van der Waals surface area contributed by atoms with Gasteiger partial charge in [0.25, 0.3) is 0 Å². The summed E-state index contributed by atoms with van der Waals surface area (Å²) in [5, 5.41) is 3.40. The standard InChI is InChI=1S/C13H17N3S/c1-9-5-16-13(8-15-9)7-14-6-12-4-10(2)17-11(12)3/h4-5,8,14H,6-7H2,1-3H3. The van der Waals surface area contributed by atoms with Gasteiger partial charge in [-0.15, -0.1) is 11.3 Å². The van der Waals surface area contributed by atoms with Gasteiger partial charge in [-0.1, -0.05) is 0 Å². The van der Waals surface area contributed by atoms with Gasteiger partial charge in [-0.3, -0.25) is 9.97 Å². The zero-order valence-electron chi connectivity index (χ0n) is 10.4. The quantitative estimate of drug-likeness (QED) is 0.902. The van der Waals surface area contributed by atoms with E-state index in [0.29, 0.717) is 0 Å². The van der Waals surface area contributed by atoms with Gasteiger partial charge in [0.15, 0.2) is 0 Å². The molecule has 0 aliphatic heterocycles. The van der Waals surface area contributed by atoms with Gasteiger partial charge in [-0.25, -0.2) is 0 Å². The smallest absolute Gasteiger partial charge is 0.0724 e. The fourth-order valence-electron chi connectivity index (χ4n) is 1.69. The molecule has 0 aliphatic carbocycles. The summed E-state index contributed by atoms with van der Waals surface area (Å²) in [4.78, 5) is 11.3. The lowest BCUT2D eigenvalue weighted by Gasteiger charge is -2.03. The van der Waals surface area contributed by atoms with Crippen molar-refractivity contribution in [2.24, 2.45) is 0 Å². The lowest BCUT2D eigenvalue weighted by molar-refractivity contribution is 0.675. The molecule has 2 heterocycles. The first kappa shape index (κ1) is 12.2. The molecule has 3 nitrogen and oxygen atoms in total. The Morgan fingerprint density at radius 1 is 1.12 bits per heavy atom. The average molecular weight is 247 g/mol. The molecule has 2 aromatic rings. The van der Waals surface area contributed by atoms with E-state index < -0.39 is 0 Å². The number of rotatable bonds is 4. The van der Waals surface area contributed by atoms with Gasteiger partial charge >= 0.3 is 0 Å². The molecule has 17 heavy (non-hydrogen) atoms. The Morgan fingerprint density at radius 3 is 2.53 bits per heavy atom. The molecule has 0 atom stereocenters. The second-order valence-corrected chi connectivity index (χ2v) is 5.65. The highest BCUT2D eigenvalue weighted by Crippen LogP contribution is 2.20. The minimum atomic E-state index is 0.765. The van der Waals surface area contributed by atoms with E-state index in [-0.39, 0.29) is 0 Å². The molecular weight excluding hydrogens is 230 g/mol. The van der Waals surface area contributed by atoms with E-state index in [1.807, 2.05) is 24.5 Å². The van der Waals surface area contributed by atoms with Gasteiger partial charge in [0, 0.05) is 35.2 Å².